The molecule has 1 amide bonds. The number of thiophene rings is 1. The zero-order valence-electron chi connectivity index (χ0n) is 15.3. The molecular formula is C21H21N3O3S. The molecule has 0 fully saturated rings. The number of amides is 1. The predicted octanol–water partition coefficient (Wildman–Crippen LogP) is 3.54. The highest BCUT2D eigenvalue weighted by atomic mass is 32.1. The highest BCUT2D eigenvalue weighted by Gasteiger charge is 2.22. The molecule has 1 aliphatic carbocycles. The minimum absolute atomic E-state index is 0.201. The van der Waals surface area contributed by atoms with E-state index >= 15 is 0 Å². The van der Waals surface area contributed by atoms with Crippen LogP contribution >= 0.6 is 11.3 Å². The van der Waals surface area contributed by atoms with Crippen molar-refractivity contribution in [1.29, 1.82) is 0 Å². The van der Waals surface area contributed by atoms with Crippen LogP contribution in [0.25, 0.3) is 10.7 Å². The van der Waals surface area contributed by atoms with Crippen molar-refractivity contribution in [3.63, 3.8) is 0 Å². The summed E-state index contributed by atoms with van der Waals surface area (Å²) in [6, 6.07) is 12.1. The van der Waals surface area contributed by atoms with Crippen LogP contribution in [-0.2, 0) is 12.8 Å². The normalized spacial score (nSPS) is 14.3. The zero-order valence-corrected chi connectivity index (χ0v) is 16.1. The van der Waals surface area contributed by atoms with Crippen LogP contribution in [0.15, 0.2) is 41.8 Å². The molecule has 28 heavy (non-hydrogen) atoms. The smallest absolute Gasteiger partial charge is 0.274 e. The lowest BCUT2D eigenvalue weighted by Crippen LogP contribution is -2.30. The molecule has 0 aliphatic heterocycles. The van der Waals surface area contributed by atoms with Gasteiger partial charge in [-0.3, -0.25) is 4.79 Å². The molecule has 0 saturated heterocycles. The van der Waals surface area contributed by atoms with Crippen LogP contribution in [0.5, 0.6) is 11.6 Å². The SMILES string of the molecule is O=C(NCC1CCc2ccccc2CC1)c1nc(-c2cccs2)nc(O)c1O. The molecule has 0 atom stereocenters. The largest absolute Gasteiger partial charge is 0.501 e. The number of aromatic hydroxyl groups is 2. The molecule has 3 N–H and O–H groups in total. The minimum Gasteiger partial charge on any atom is -0.501 e. The molecule has 1 aromatic carbocycles. The van der Waals surface area contributed by atoms with E-state index in [1.165, 1.54) is 22.5 Å². The van der Waals surface area contributed by atoms with E-state index in [9.17, 15) is 15.0 Å². The first kappa shape index (κ1) is 18.4. The highest BCUT2D eigenvalue weighted by Crippen LogP contribution is 2.30. The highest BCUT2D eigenvalue weighted by molar-refractivity contribution is 7.13. The molecule has 2 aromatic heterocycles. The Morgan fingerprint density at radius 2 is 1.79 bits per heavy atom. The van der Waals surface area contributed by atoms with Gasteiger partial charge in [0.05, 0.1) is 4.88 Å². The number of benzene rings is 1. The number of nitrogens with zero attached hydrogens (tertiary/aromatic N) is 2. The standard InChI is InChI=1S/C21H21N3O3S/c25-18-17(23-19(24-21(18)27)16-6-3-11-28-16)20(26)22-12-13-7-9-14-4-1-2-5-15(14)10-8-13/h1-6,11,13,25H,7-10,12H2,(H,22,26)(H,23,24,27). The molecule has 0 spiro atoms. The number of hydrogen-bond acceptors (Lipinski definition) is 6. The molecule has 144 valence electrons. The third kappa shape index (κ3) is 3.84. The summed E-state index contributed by atoms with van der Waals surface area (Å²) >= 11 is 1.39. The van der Waals surface area contributed by atoms with Crippen LogP contribution in [0.1, 0.15) is 34.5 Å². The molecule has 7 heteroatoms. The van der Waals surface area contributed by atoms with Crippen molar-refractivity contribution < 1.29 is 15.0 Å². The second kappa shape index (κ2) is 7.98. The van der Waals surface area contributed by atoms with E-state index in [-0.39, 0.29) is 11.5 Å². The van der Waals surface area contributed by atoms with Gasteiger partial charge in [-0.15, -0.1) is 11.3 Å². The summed E-state index contributed by atoms with van der Waals surface area (Å²) in [5.41, 5.74) is 2.57. The molecule has 1 aliphatic rings. The first-order chi connectivity index (χ1) is 13.6. The van der Waals surface area contributed by atoms with E-state index < -0.39 is 17.5 Å². The molecule has 3 aromatic rings. The first-order valence-electron chi connectivity index (χ1n) is 9.30. The van der Waals surface area contributed by atoms with E-state index in [2.05, 4.69) is 39.6 Å². The van der Waals surface area contributed by atoms with Crippen molar-refractivity contribution in [1.82, 2.24) is 15.3 Å². The van der Waals surface area contributed by atoms with Crippen molar-refractivity contribution in [2.75, 3.05) is 6.54 Å². The van der Waals surface area contributed by atoms with Crippen LogP contribution in [0.2, 0.25) is 0 Å². The lowest BCUT2D eigenvalue weighted by Gasteiger charge is -2.15. The lowest BCUT2D eigenvalue weighted by atomic mass is 9.99. The van der Waals surface area contributed by atoms with Crippen molar-refractivity contribution in [3.05, 3.63) is 58.6 Å². The average Bonchev–Trinajstić information content (AvgIpc) is 3.16. The predicted molar refractivity (Wildman–Crippen MR) is 108 cm³/mol. The van der Waals surface area contributed by atoms with Crippen molar-refractivity contribution >= 4 is 17.2 Å². The maximum Gasteiger partial charge on any atom is 0.274 e. The first-order valence-corrected chi connectivity index (χ1v) is 10.2. The summed E-state index contributed by atoms with van der Waals surface area (Å²) in [4.78, 5) is 21.4. The van der Waals surface area contributed by atoms with E-state index in [4.69, 9.17) is 0 Å². The third-order valence-electron chi connectivity index (χ3n) is 5.14. The summed E-state index contributed by atoms with van der Waals surface area (Å²) in [5.74, 6) is -1.11. The lowest BCUT2D eigenvalue weighted by molar-refractivity contribution is 0.0936. The van der Waals surface area contributed by atoms with Gasteiger partial charge in [-0.05, 0) is 54.2 Å². The van der Waals surface area contributed by atoms with Gasteiger partial charge in [0.2, 0.25) is 5.75 Å². The van der Waals surface area contributed by atoms with Gasteiger partial charge in [-0.2, -0.15) is 4.98 Å². The van der Waals surface area contributed by atoms with Crippen LogP contribution < -0.4 is 5.32 Å². The Labute approximate surface area is 166 Å². The zero-order chi connectivity index (χ0) is 19.5. The molecule has 6 nitrogen and oxygen atoms in total. The Hall–Kier alpha value is -2.93. The second-order valence-corrected chi connectivity index (χ2v) is 7.92. The van der Waals surface area contributed by atoms with Gasteiger partial charge in [0.1, 0.15) is 0 Å². The van der Waals surface area contributed by atoms with Crippen LogP contribution in [0, 0.1) is 5.92 Å². The van der Waals surface area contributed by atoms with Gasteiger partial charge in [0.15, 0.2) is 11.5 Å². The molecular weight excluding hydrogens is 374 g/mol. The molecule has 0 bridgehead atoms. The fourth-order valence-corrected chi connectivity index (χ4v) is 4.21. The number of rotatable bonds is 4. The number of carbonyl (C=O) groups excluding carboxylic acids is 1. The van der Waals surface area contributed by atoms with Gasteiger partial charge >= 0.3 is 0 Å². The fourth-order valence-electron chi connectivity index (χ4n) is 3.55. The number of carbonyl (C=O) groups is 1. The quantitative estimate of drug-likeness (QED) is 0.587. The molecule has 0 radical (unpaired) electrons. The van der Waals surface area contributed by atoms with Crippen molar-refractivity contribution in [2.24, 2.45) is 5.92 Å². The Balaban J connectivity index is 1.44. The Morgan fingerprint density at radius 1 is 1.07 bits per heavy atom. The summed E-state index contributed by atoms with van der Waals surface area (Å²) in [5, 5.41) is 24.7. The average molecular weight is 395 g/mol. The third-order valence-corrected chi connectivity index (χ3v) is 6.00. The number of aryl methyl sites for hydroxylation is 2. The number of aromatic nitrogens is 2. The molecule has 4 rings (SSSR count). The maximum absolute atomic E-state index is 12.6. The van der Waals surface area contributed by atoms with Crippen LogP contribution in [0.4, 0.5) is 0 Å². The van der Waals surface area contributed by atoms with E-state index in [1.54, 1.807) is 6.07 Å². The Bertz CT molecular complexity index is 962. The summed E-state index contributed by atoms with van der Waals surface area (Å²) in [6.45, 7) is 0.505. The van der Waals surface area contributed by atoms with Crippen molar-refractivity contribution in [3.8, 4) is 22.3 Å². The molecule has 2 heterocycles. The van der Waals surface area contributed by atoms with Crippen LogP contribution in [-0.4, -0.2) is 32.6 Å². The van der Waals surface area contributed by atoms with E-state index in [1.807, 2.05) is 11.4 Å². The Morgan fingerprint density at radius 3 is 2.43 bits per heavy atom. The number of fused-ring (bicyclic) bond motifs is 1. The topological polar surface area (TPSA) is 95.3 Å². The summed E-state index contributed by atoms with van der Waals surface area (Å²) in [6.07, 6.45) is 4.00. The fraction of sp³-hybridized carbons (Fsp3) is 0.286. The monoisotopic (exact) mass is 395 g/mol. The van der Waals surface area contributed by atoms with Gasteiger partial charge < -0.3 is 15.5 Å². The van der Waals surface area contributed by atoms with E-state index in [0.29, 0.717) is 17.3 Å². The van der Waals surface area contributed by atoms with Gasteiger partial charge in [-0.25, -0.2) is 4.98 Å². The minimum atomic E-state index is -0.592. The van der Waals surface area contributed by atoms with Gasteiger partial charge in [0, 0.05) is 6.54 Å². The molecule has 0 saturated carbocycles. The van der Waals surface area contributed by atoms with Gasteiger partial charge in [0.25, 0.3) is 11.8 Å². The number of hydrogen-bond donors (Lipinski definition) is 3. The Kier molecular flexibility index (Phi) is 5.25. The van der Waals surface area contributed by atoms with E-state index in [0.717, 1.165) is 25.7 Å². The molecule has 0 unspecified atom stereocenters. The van der Waals surface area contributed by atoms with Gasteiger partial charge in [-0.1, -0.05) is 30.3 Å². The van der Waals surface area contributed by atoms with Crippen LogP contribution in [0.3, 0.4) is 0 Å². The van der Waals surface area contributed by atoms with Crippen molar-refractivity contribution in [2.45, 2.75) is 25.7 Å². The maximum atomic E-state index is 12.6. The summed E-state index contributed by atoms with van der Waals surface area (Å²) in [7, 11) is 0. The second-order valence-electron chi connectivity index (χ2n) is 6.97. The summed E-state index contributed by atoms with van der Waals surface area (Å²) < 4.78 is 0. The number of nitrogens with one attached hydrogen (secondary N) is 1.